The van der Waals surface area contributed by atoms with Crippen molar-refractivity contribution in [1.29, 1.82) is 0 Å². The monoisotopic (exact) mass is 462 g/mol. The second-order valence-corrected chi connectivity index (χ2v) is 8.57. The Balaban J connectivity index is 1.38. The molecule has 34 heavy (non-hydrogen) atoms. The molecular formula is C24H26N6O4. The number of hydrogen-bond donors (Lipinski definition) is 2. The molecule has 6 rings (SSSR count). The summed E-state index contributed by atoms with van der Waals surface area (Å²) in [5.74, 6) is 2.75. The third-order valence-corrected chi connectivity index (χ3v) is 6.31. The van der Waals surface area contributed by atoms with Gasteiger partial charge in [0.1, 0.15) is 5.75 Å². The van der Waals surface area contributed by atoms with Gasteiger partial charge >= 0.3 is 0 Å². The molecule has 3 N–H and O–H groups in total. The van der Waals surface area contributed by atoms with E-state index in [1.165, 1.54) is 0 Å². The van der Waals surface area contributed by atoms with E-state index in [0.29, 0.717) is 36.4 Å². The van der Waals surface area contributed by atoms with Crippen molar-refractivity contribution < 1.29 is 19.0 Å². The summed E-state index contributed by atoms with van der Waals surface area (Å²) in [6.45, 7) is 2.76. The van der Waals surface area contributed by atoms with Crippen LogP contribution in [0.25, 0.3) is 11.0 Å². The molecule has 3 aliphatic heterocycles. The Labute approximate surface area is 196 Å². The van der Waals surface area contributed by atoms with Gasteiger partial charge in [0.15, 0.2) is 30.2 Å². The molecule has 1 atom stereocenters. The van der Waals surface area contributed by atoms with Gasteiger partial charge in [0.2, 0.25) is 5.95 Å². The molecule has 3 aromatic rings. The topological polar surface area (TPSA) is 116 Å². The van der Waals surface area contributed by atoms with Crippen molar-refractivity contribution in [3.05, 3.63) is 42.0 Å². The lowest BCUT2D eigenvalue weighted by Crippen LogP contribution is -2.33. The SMILES string of the molecule is NC1=N[C@H](c2ccccc2OCC(=O)N2CCCC2)n2c(nc3cc4c(cc32)OCCCO4)N1. The average molecular weight is 463 g/mol. The molecule has 176 valence electrons. The van der Waals surface area contributed by atoms with Crippen molar-refractivity contribution in [3.63, 3.8) is 0 Å². The maximum atomic E-state index is 12.6. The van der Waals surface area contributed by atoms with Gasteiger partial charge in [-0.3, -0.25) is 14.7 Å². The average Bonchev–Trinajstić information content (AvgIpc) is 3.44. The van der Waals surface area contributed by atoms with Crippen molar-refractivity contribution in [2.45, 2.75) is 25.4 Å². The lowest BCUT2D eigenvalue weighted by Gasteiger charge is -2.25. The lowest BCUT2D eigenvalue weighted by molar-refractivity contribution is -0.132. The minimum absolute atomic E-state index is 0.00533. The highest BCUT2D eigenvalue weighted by molar-refractivity contribution is 5.95. The summed E-state index contributed by atoms with van der Waals surface area (Å²) >= 11 is 0. The minimum Gasteiger partial charge on any atom is -0.489 e. The smallest absolute Gasteiger partial charge is 0.260 e. The van der Waals surface area contributed by atoms with Gasteiger partial charge in [0.05, 0.1) is 24.2 Å². The first-order valence-corrected chi connectivity index (χ1v) is 11.6. The molecule has 0 aliphatic carbocycles. The maximum Gasteiger partial charge on any atom is 0.260 e. The fraction of sp³-hybridized carbons (Fsp3) is 0.375. The van der Waals surface area contributed by atoms with E-state index in [0.717, 1.165) is 48.9 Å². The number of anilines is 1. The summed E-state index contributed by atoms with van der Waals surface area (Å²) in [6.07, 6.45) is 2.38. The first kappa shape index (κ1) is 20.6. The number of nitrogens with two attached hydrogens (primary N) is 1. The van der Waals surface area contributed by atoms with Crippen LogP contribution in [-0.2, 0) is 4.79 Å². The van der Waals surface area contributed by atoms with Crippen LogP contribution >= 0.6 is 0 Å². The van der Waals surface area contributed by atoms with Crippen LogP contribution in [0.1, 0.15) is 31.0 Å². The second kappa shape index (κ2) is 8.44. The molecule has 10 heteroatoms. The first-order valence-electron chi connectivity index (χ1n) is 11.6. The van der Waals surface area contributed by atoms with Crippen molar-refractivity contribution in [2.75, 3.05) is 38.2 Å². The van der Waals surface area contributed by atoms with Crippen molar-refractivity contribution in [2.24, 2.45) is 10.7 Å². The van der Waals surface area contributed by atoms with E-state index in [4.69, 9.17) is 24.9 Å². The largest absolute Gasteiger partial charge is 0.489 e. The predicted molar refractivity (Wildman–Crippen MR) is 126 cm³/mol. The summed E-state index contributed by atoms with van der Waals surface area (Å²) in [6, 6.07) is 11.4. The summed E-state index contributed by atoms with van der Waals surface area (Å²) in [5.41, 5.74) is 8.49. The summed E-state index contributed by atoms with van der Waals surface area (Å²) < 4.78 is 19.7. The van der Waals surface area contributed by atoms with Crippen LogP contribution in [0.5, 0.6) is 17.2 Å². The summed E-state index contributed by atoms with van der Waals surface area (Å²) in [4.78, 5) is 23.8. The zero-order valence-electron chi connectivity index (χ0n) is 18.7. The number of rotatable bonds is 4. The number of likely N-dealkylation sites (tertiary alicyclic amines) is 1. The molecule has 0 unspecified atom stereocenters. The molecule has 1 aromatic heterocycles. The van der Waals surface area contributed by atoms with Crippen molar-refractivity contribution in [1.82, 2.24) is 14.5 Å². The van der Waals surface area contributed by atoms with Crippen LogP contribution in [0.4, 0.5) is 5.95 Å². The van der Waals surface area contributed by atoms with Gasteiger partial charge in [-0.05, 0) is 18.9 Å². The molecule has 4 heterocycles. The van der Waals surface area contributed by atoms with Gasteiger partial charge in [-0.15, -0.1) is 0 Å². The van der Waals surface area contributed by atoms with Crippen LogP contribution in [0.2, 0.25) is 0 Å². The first-order chi connectivity index (χ1) is 16.7. The highest BCUT2D eigenvalue weighted by Gasteiger charge is 2.29. The number of amides is 1. The fourth-order valence-electron chi connectivity index (χ4n) is 4.66. The van der Waals surface area contributed by atoms with Gasteiger partial charge in [-0.1, -0.05) is 18.2 Å². The molecular weight excluding hydrogens is 436 g/mol. The normalized spacial score (nSPS) is 19.2. The number of guanidine groups is 1. The molecule has 3 aliphatic rings. The number of nitrogens with zero attached hydrogens (tertiary/aromatic N) is 4. The van der Waals surface area contributed by atoms with E-state index in [2.05, 4.69) is 10.3 Å². The third kappa shape index (κ3) is 3.64. The van der Waals surface area contributed by atoms with Gasteiger partial charge in [-0.25, -0.2) is 9.98 Å². The van der Waals surface area contributed by atoms with Gasteiger partial charge in [0.25, 0.3) is 5.91 Å². The minimum atomic E-state index is -0.524. The molecule has 0 radical (unpaired) electrons. The Hall–Kier alpha value is -3.95. The zero-order valence-corrected chi connectivity index (χ0v) is 18.7. The summed E-state index contributed by atoms with van der Waals surface area (Å²) in [7, 11) is 0. The van der Waals surface area contributed by atoms with E-state index in [1.54, 1.807) is 0 Å². The zero-order chi connectivity index (χ0) is 23.1. The van der Waals surface area contributed by atoms with E-state index in [1.807, 2.05) is 45.9 Å². The van der Waals surface area contributed by atoms with E-state index in [9.17, 15) is 4.79 Å². The van der Waals surface area contributed by atoms with Crippen LogP contribution in [0.15, 0.2) is 41.4 Å². The number of fused-ring (bicyclic) bond motifs is 4. The van der Waals surface area contributed by atoms with Gasteiger partial charge in [0, 0.05) is 37.2 Å². The third-order valence-electron chi connectivity index (χ3n) is 6.31. The molecule has 0 bridgehead atoms. The number of carbonyl (C=O) groups excluding carboxylic acids is 1. The number of ether oxygens (including phenoxy) is 3. The number of aromatic nitrogens is 2. The van der Waals surface area contributed by atoms with Gasteiger partial charge in [-0.2, -0.15) is 0 Å². The number of para-hydroxylation sites is 1. The Kier molecular flexibility index (Phi) is 5.12. The summed E-state index contributed by atoms with van der Waals surface area (Å²) in [5, 5.41) is 3.06. The molecule has 2 aromatic carbocycles. The highest BCUT2D eigenvalue weighted by atomic mass is 16.5. The number of carbonyl (C=O) groups is 1. The number of imidazole rings is 1. The van der Waals surface area contributed by atoms with Crippen molar-refractivity contribution in [3.8, 4) is 17.2 Å². The van der Waals surface area contributed by atoms with Gasteiger partial charge < -0.3 is 24.8 Å². The molecule has 0 spiro atoms. The van der Waals surface area contributed by atoms with Crippen LogP contribution < -0.4 is 25.3 Å². The van der Waals surface area contributed by atoms with E-state index >= 15 is 0 Å². The number of hydrogen-bond acceptors (Lipinski definition) is 8. The Morgan fingerprint density at radius 3 is 2.71 bits per heavy atom. The fourth-order valence-corrected chi connectivity index (χ4v) is 4.66. The van der Waals surface area contributed by atoms with E-state index < -0.39 is 6.17 Å². The molecule has 10 nitrogen and oxygen atoms in total. The predicted octanol–water partition coefficient (Wildman–Crippen LogP) is 2.49. The van der Waals surface area contributed by atoms with Crippen LogP contribution in [0.3, 0.4) is 0 Å². The molecule has 0 saturated carbocycles. The number of nitrogens with one attached hydrogen (secondary N) is 1. The standard InChI is InChI=1S/C24H26N6O4/c25-23-27-22(15-6-1-2-7-18(15)34-14-21(31)29-8-3-4-9-29)30-17-13-20-19(32-10-5-11-33-20)12-16(17)26-24(30)28-23/h1-2,6-7,12-13,22H,3-5,8-11,14H2,(H3,25,26,27,28)/t22-/m0/s1. The van der Waals surface area contributed by atoms with E-state index in [-0.39, 0.29) is 18.5 Å². The van der Waals surface area contributed by atoms with Crippen molar-refractivity contribution >= 4 is 28.8 Å². The lowest BCUT2D eigenvalue weighted by atomic mass is 10.1. The Bertz CT molecular complexity index is 1280. The Morgan fingerprint density at radius 2 is 1.88 bits per heavy atom. The highest BCUT2D eigenvalue weighted by Crippen LogP contribution is 2.40. The van der Waals surface area contributed by atoms with Crippen LogP contribution in [0, 0.1) is 0 Å². The quantitative estimate of drug-likeness (QED) is 0.612. The Morgan fingerprint density at radius 1 is 1.12 bits per heavy atom. The van der Waals surface area contributed by atoms with Crippen LogP contribution in [-0.4, -0.2) is 59.2 Å². The number of aliphatic imine (C=N–C) groups is 1. The number of benzene rings is 2. The molecule has 1 saturated heterocycles. The maximum absolute atomic E-state index is 12.6. The molecule has 1 fully saturated rings. The second-order valence-electron chi connectivity index (χ2n) is 8.57. The molecule has 1 amide bonds.